The van der Waals surface area contributed by atoms with Gasteiger partial charge in [-0.25, -0.2) is 4.79 Å². The van der Waals surface area contributed by atoms with Crippen LogP contribution in [-0.4, -0.2) is 45.0 Å². The molecule has 0 bridgehead atoms. The van der Waals surface area contributed by atoms with E-state index < -0.39 is 5.97 Å². The maximum Gasteiger partial charge on any atom is 0.338 e. The largest absolute Gasteiger partial charge is 0.493 e. The van der Waals surface area contributed by atoms with Crippen molar-refractivity contribution in [3.8, 4) is 11.5 Å². The summed E-state index contributed by atoms with van der Waals surface area (Å²) in [4.78, 5) is 38.0. The molecule has 2 aromatic rings. The van der Waals surface area contributed by atoms with Gasteiger partial charge >= 0.3 is 5.97 Å². The zero-order valence-electron chi connectivity index (χ0n) is 15.8. The van der Waals surface area contributed by atoms with Gasteiger partial charge in [-0.05, 0) is 48.9 Å². The zero-order valence-corrected chi connectivity index (χ0v) is 15.8. The van der Waals surface area contributed by atoms with Crippen LogP contribution in [0.2, 0.25) is 0 Å². The lowest BCUT2D eigenvalue weighted by molar-refractivity contribution is -0.117. The number of amides is 1. The molecule has 0 radical (unpaired) electrons. The third-order valence-electron chi connectivity index (χ3n) is 4.53. The molecular weight excluding hydrogens is 362 g/mol. The van der Waals surface area contributed by atoms with E-state index in [1.165, 1.54) is 20.3 Å². The first-order valence-electron chi connectivity index (χ1n) is 8.86. The van der Waals surface area contributed by atoms with Gasteiger partial charge in [0.2, 0.25) is 5.91 Å². The molecule has 0 aliphatic carbocycles. The number of benzene rings is 2. The number of methoxy groups -OCH3 is 2. The quantitative estimate of drug-likeness (QED) is 0.540. The standard InChI is InChI=1S/C21H21NO6/c1-26-18-10-7-15(12-19(18)27-2)17(23)13-28-21(25)14-5-8-16(9-6-14)22-11-3-4-20(22)24/h5-10,12H,3-4,11,13H2,1-2H3. The molecule has 0 aromatic heterocycles. The molecule has 1 fully saturated rings. The van der Waals surface area contributed by atoms with E-state index in [1.807, 2.05) is 0 Å². The van der Waals surface area contributed by atoms with Gasteiger partial charge in [-0.3, -0.25) is 9.59 Å². The maximum absolute atomic E-state index is 12.3. The fraction of sp³-hybridized carbons (Fsp3) is 0.286. The van der Waals surface area contributed by atoms with Crippen molar-refractivity contribution in [1.29, 1.82) is 0 Å². The van der Waals surface area contributed by atoms with Gasteiger partial charge < -0.3 is 19.1 Å². The molecule has 0 N–H and O–H groups in total. The van der Waals surface area contributed by atoms with Gasteiger partial charge in [0.1, 0.15) is 0 Å². The van der Waals surface area contributed by atoms with Crippen molar-refractivity contribution in [2.75, 3.05) is 32.3 Å². The van der Waals surface area contributed by atoms with E-state index in [0.29, 0.717) is 35.6 Å². The SMILES string of the molecule is COc1ccc(C(=O)COC(=O)c2ccc(N3CCCC3=O)cc2)cc1OC. The third kappa shape index (κ3) is 4.14. The lowest BCUT2D eigenvalue weighted by Crippen LogP contribution is -2.23. The number of rotatable bonds is 7. The Bertz CT molecular complexity index is 890. The Kier molecular flexibility index (Phi) is 5.93. The van der Waals surface area contributed by atoms with Gasteiger partial charge in [0.15, 0.2) is 23.9 Å². The highest BCUT2D eigenvalue weighted by Gasteiger charge is 2.22. The van der Waals surface area contributed by atoms with E-state index in [0.717, 1.165) is 12.1 Å². The molecule has 2 aromatic carbocycles. The summed E-state index contributed by atoms with van der Waals surface area (Å²) in [5, 5.41) is 0. The van der Waals surface area contributed by atoms with Crippen LogP contribution >= 0.6 is 0 Å². The van der Waals surface area contributed by atoms with Gasteiger partial charge in [0, 0.05) is 24.2 Å². The second kappa shape index (κ2) is 8.56. The summed E-state index contributed by atoms with van der Waals surface area (Å²) < 4.78 is 15.4. The highest BCUT2D eigenvalue weighted by molar-refractivity contribution is 6.00. The predicted molar refractivity (Wildman–Crippen MR) is 102 cm³/mol. The van der Waals surface area contributed by atoms with E-state index in [-0.39, 0.29) is 18.3 Å². The van der Waals surface area contributed by atoms with Crippen molar-refractivity contribution in [3.05, 3.63) is 53.6 Å². The van der Waals surface area contributed by atoms with Crippen LogP contribution in [0.15, 0.2) is 42.5 Å². The number of nitrogens with zero attached hydrogens (tertiary/aromatic N) is 1. The minimum absolute atomic E-state index is 0.0795. The molecule has 146 valence electrons. The molecule has 7 nitrogen and oxygen atoms in total. The number of carbonyl (C=O) groups is 3. The summed E-state index contributed by atoms with van der Waals surface area (Å²) in [6.45, 7) is 0.295. The average Bonchev–Trinajstić information content (AvgIpc) is 3.17. The number of hydrogen-bond acceptors (Lipinski definition) is 6. The van der Waals surface area contributed by atoms with Crippen molar-refractivity contribution < 1.29 is 28.6 Å². The Balaban J connectivity index is 1.60. The van der Waals surface area contributed by atoms with E-state index >= 15 is 0 Å². The maximum atomic E-state index is 12.3. The molecule has 1 heterocycles. The van der Waals surface area contributed by atoms with E-state index in [4.69, 9.17) is 14.2 Å². The lowest BCUT2D eigenvalue weighted by atomic mass is 10.1. The van der Waals surface area contributed by atoms with Gasteiger partial charge in [0.25, 0.3) is 0 Å². The van der Waals surface area contributed by atoms with Crippen molar-refractivity contribution in [2.45, 2.75) is 12.8 Å². The summed E-state index contributed by atoms with van der Waals surface area (Å²) >= 11 is 0. The summed E-state index contributed by atoms with van der Waals surface area (Å²) in [5.41, 5.74) is 1.42. The number of hydrogen-bond donors (Lipinski definition) is 0. The molecule has 3 rings (SSSR count). The van der Waals surface area contributed by atoms with E-state index in [2.05, 4.69) is 0 Å². The molecule has 1 amide bonds. The Labute approximate surface area is 162 Å². The average molecular weight is 383 g/mol. The molecule has 0 saturated carbocycles. The van der Waals surface area contributed by atoms with Gasteiger partial charge in [-0.2, -0.15) is 0 Å². The molecule has 7 heteroatoms. The van der Waals surface area contributed by atoms with Gasteiger partial charge in [0.05, 0.1) is 19.8 Å². The first kappa shape index (κ1) is 19.4. The lowest BCUT2D eigenvalue weighted by Gasteiger charge is -2.15. The smallest absolute Gasteiger partial charge is 0.338 e. The first-order valence-corrected chi connectivity index (χ1v) is 8.86. The first-order chi connectivity index (χ1) is 13.5. The molecule has 0 unspecified atom stereocenters. The van der Waals surface area contributed by atoms with Crippen LogP contribution in [-0.2, 0) is 9.53 Å². The number of anilines is 1. The minimum atomic E-state index is -0.604. The summed E-state index contributed by atoms with van der Waals surface area (Å²) in [6, 6.07) is 11.3. The summed E-state index contributed by atoms with van der Waals surface area (Å²) in [5.74, 6) is 0.0527. The van der Waals surface area contributed by atoms with Gasteiger partial charge in [-0.1, -0.05) is 0 Å². The molecule has 1 aliphatic rings. The molecule has 1 aliphatic heterocycles. The molecule has 28 heavy (non-hydrogen) atoms. The molecular formula is C21H21NO6. The topological polar surface area (TPSA) is 82.1 Å². The molecule has 0 spiro atoms. The Morgan fingerprint density at radius 3 is 2.25 bits per heavy atom. The fourth-order valence-corrected chi connectivity index (χ4v) is 3.01. The van der Waals surface area contributed by atoms with Crippen molar-refractivity contribution in [3.63, 3.8) is 0 Å². The van der Waals surface area contributed by atoms with Crippen molar-refractivity contribution in [2.24, 2.45) is 0 Å². The van der Waals surface area contributed by atoms with Crippen molar-refractivity contribution >= 4 is 23.3 Å². The monoisotopic (exact) mass is 383 g/mol. The van der Waals surface area contributed by atoms with Gasteiger partial charge in [-0.15, -0.1) is 0 Å². The Morgan fingerprint density at radius 1 is 0.964 bits per heavy atom. The Morgan fingerprint density at radius 2 is 1.64 bits per heavy atom. The van der Waals surface area contributed by atoms with Crippen LogP contribution in [0.1, 0.15) is 33.6 Å². The molecule has 1 saturated heterocycles. The number of esters is 1. The van der Waals surface area contributed by atoms with E-state index in [9.17, 15) is 14.4 Å². The highest BCUT2D eigenvalue weighted by Crippen LogP contribution is 2.27. The van der Waals surface area contributed by atoms with Crippen LogP contribution in [0.4, 0.5) is 5.69 Å². The number of Topliss-reactive ketones (excluding diaryl/α,β-unsaturated/α-hetero) is 1. The summed E-state index contributed by atoms with van der Waals surface area (Å²) in [6.07, 6.45) is 1.38. The fourth-order valence-electron chi connectivity index (χ4n) is 3.01. The third-order valence-corrected chi connectivity index (χ3v) is 4.53. The van der Waals surface area contributed by atoms with Crippen LogP contribution in [0.3, 0.4) is 0 Å². The number of carbonyl (C=O) groups excluding carboxylic acids is 3. The Hall–Kier alpha value is -3.35. The molecule has 0 atom stereocenters. The number of ketones is 1. The highest BCUT2D eigenvalue weighted by atomic mass is 16.5. The van der Waals surface area contributed by atoms with E-state index in [1.54, 1.807) is 41.3 Å². The van der Waals surface area contributed by atoms with Crippen LogP contribution in [0.5, 0.6) is 11.5 Å². The van der Waals surface area contributed by atoms with Crippen LogP contribution in [0, 0.1) is 0 Å². The van der Waals surface area contributed by atoms with Crippen LogP contribution in [0.25, 0.3) is 0 Å². The second-order valence-corrected chi connectivity index (χ2v) is 6.26. The number of ether oxygens (including phenoxy) is 3. The normalized spacial score (nSPS) is 13.4. The summed E-state index contributed by atoms with van der Waals surface area (Å²) in [7, 11) is 2.98. The zero-order chi connectivity index (χ0) is 20.1. The minimum Gasteiger partial charge on any atom is -0.493 e. The predicted octanol–water partition coefficient (Wildman–Crippen LogP) is 2.87. The van der Waals surface area contributed by atoms with Crippen LogP contribution < -0.4 is 14.4 Å². The van der Waals surface area contributed by atoms with Crippen molar-refractivity contribution in [1.82, 2.24) is 0 Å². The second-order valence-electron chi connectivity index (χ2n) is 6.26.